The number of amides is 1. The lowest BCUT2D eigenvalue weighted by molar-refractivity contribution is -0.127. The van der Waals surface area contributed by atoms with Crippen molar-refractivity contribution in [1.29, 1.82) is 0 Å². The third-order valence-corrected chi connectivity index (χ3v) is 3.02. The number of hydrogen-bond donors (Lipinski definition) is 2. The average Bonchev–Trinajstić information content (AvgIpc) is 2.61. The van der Waals surface area contributed by atoms with Gasteiger partial charge in [0.25, 0.3) is 5.92 Å². The van der Waals surface area contributed by atoms with Gasteiger partial charge in [0.15, 0.2) is 0 Å². The Morgan fingerprint density at radius 2 is 2.20 bits per heavy atom. The summed E-state index contributed by atoms with van der Waals surface area (Å²) in [6, 6.07) is 0. The van der Waals surface area contributed by atoms with Crippen LogP contribution in [0.15, 0.2) is 0 Å². The van der Waals surface area contributed by atoms with E-state index in [-0.39, 0.29) is 11.8 Å². The van der Waals surface area contributed by atoms with E-state index in [0.29, 0.717) is 5.92 Å². The summed E-state index contributed by atoms with van der Waals surface area (Å²) < 4.78 is 25.5. The molecule has 88 valence electrons. The van der Waals surface area contributed by atoms with Crippen LogP contribution < -0.4 is 11.1 Å². The number of nitrogens with two attached hydrogens (primary N) is 1. The highest BCUT2D eigenvalue weighted by Gasteiger charge is 2.32. The fourth-order valence-corrected chi connectivity index (χ4v) is 1.95. The maximum Gasteiger partial charge on any atom is 0.277 e. The maximum absolute atomic E-state index is 12.8. The molecule has 0 saturated heterocycles. The highest BCUT2D eigenvalue weighted by molar-refractivity contribution is 5.79. The summed E-state index contributed by atoms with van der Waals surface area (Å²) in [5, 5.41) is 2.28. The van der Waals surface area contributed by atoms with Crippen LogP contribution in [0.4, 0.5) is 8.78 Å². The van der Waals surface area contributed by atoms with Gasteiger partial charge < -0.3 is 11.1 Å². The molecule has 0 aromatic carbocycles. The second kappa shape index (κ2) is 4.88. The summed E-state index contributed by atoms with van der Waals surface area (Å²) in [6.07, 6.45) is 2.82. The minimum atomic E-state index is -2.99. The Morgan fingerprint density at radius 1 is 1.53 bits per heavy atom. The first kappa shape index (κ1) is 12.4. The van der Waals surface area contributed by atoms with E-state index in [2.05, 4.69) is 5.32 Å². The SMILES string of the molecule is CC1CCCC1C(=O)NCC(F)(F)CN. The van der Waals surface area contributed by atoms with E-state index in [1.807, 2.05) is 6.92 Å². The molecule has 1 amide bonds. The van der Waals surface area contributed by atoms with Crippen molar-refractivity contribution in [3.8, 4) is 0 Å². The lowest BCUT2D eigenvalue weighted by Gasteiger charge is -2.18. The Balaban J connectivity index is 2.36. The van der Waals surface area contributed by atoms with Gasteiger partial charge >= 0.3 is 0 Å². The van der Waals surface area contributed by atoms with Crippen LogP contribution in [0.5, 0.6) is 0 Å². The van der Waals surface area contributed by atoms with Crippen LogP contribution in [-0.2, 0) is 4.79 Å². The summed E-state index contributed by atoms with van der Waals surface area (Å²) in [4.78, 5) is 11.5. The number of halogens is 2. The molecule has 1 fully saturated rings. The predicted octanol–water partition coefficient (Wildman–Crippen LogP) is 1.13. The van der Waals surface area contributed by atoms with Gasteiger partial charge in [0.1, 0.15) is 0 Å². The quantitative estimate of drug-likeness (QED) is 0.746. The highest BCUT2D eigenvalue weighted by Crippen LogP contribution is 2.31. The molecule has 1 aliphatic rings. The van der Waals surface area contributed by atoms with E-state index >= 15 is 0 Å². The van der Waals surface area contributed by atoms with Crippen molar-refractivity contribution < 1.29 is 13.6 Å². The Kier molecular flexibility index (Phi) is 4.02. The summed E-state index contributed by atoms with van der Waals surface area (Å²) in [7, 11) is 0. The van der Waals surface area contributed by atoms with Gasteiger partial charge in [-0.05, 0) is 18.8 Å². The van der Waals surface area contributed by atoms with E-state index in [1.165, 1.54) is 0 Å². The zero-order chi connectivity index (χ0) is 11.5. The first-order valence-corrected chi connectivity index (χ1v) is 5.32. The molecule has 0 aliphatic heterocycles. The zero-order valence-corrected chi connectivity index (χ0v) is 8.93. The molecular weight excluding hydrogens is 202 g/mol. The predicted molar refractivity (Wildman–Crippen MR) is 53.5 cm³/mol. The van der Waals surface area contributed by atoms with Crippen LogP contribution in [-0.4, -0.2) is 24.9 Å². The van der Waals surface area contributed by atoms with E-state index in [1.54, 1.807) is 0 Å². The molecule has 0 heterocycles. The summed E-state index contributed by atoms with van der Waals surface area (Å²) in [5.74, 6) is -3.04. The maximum atomic E-state index is 12.8. The molecule has 0 radical (unpaired) electrons. The number of nitrogens with one attached hydrogen (secondary N) is 1. The molecule has 1 rings (SSSR count). The molecule has 5 heteroatoms. The normalized spacial score (nSPS) is 26.7. The lowest BCUT2D eigenvalue weighted by atomic mass is 9.97. The molecule has 0 spiro atoms. The smallest absolute Gasteiger partial charge is 0.277 e. The largest absolute Gasteiger partial charge is 0.350 e. The van der Waals surface area contributed by atoms with E-state index in [4.69, 9.17) is 5.73 Å². The lowest BCUT2D eigenvalue weighted by Crippen LogP contribution is -2.43. The van der Waals surface area contributed by atoms with Crippen molar-refractivity contribution in [2.45, 2.75) is 32.1 Å². The molecule has 0 bridgehead atoms. The fourth-order valence-electron chi connectivity index (χ4n) is 1.95. The topological polar surface area (TPSA) is 55.1 Å². The number of carbonyl (C=O) groups excluding carboxylic acids is 1. The Bertz CT molecular complexity index is 233. The van der Waals surface area contributed by atoms with Crippen molar-refractivity contribution in [2.24, 2.45) is 17.6 Å². The van der Waals surface area contributed by atoms with Gasteiger partial charge in [-0.1, -0.05) is 13.3 Å². The highest BCUT2D eigenvalue weighted by atomic mass is 19.3. The Labute approximate surface area is 88.4 Å². The van der Waals surface area contributed by atoms with Gasteiger partial charge in [0.05, 0.1) is 13.1 Å². The van der Waals surface area contributed by atoms with Crippen LogP contribution in [0, 0.1) is 11.8 Å². The second-order valence-corrected chi connectivity index (χ2v) is 4.29. The minimum absolute atomic E-state index is 0.0985. The van der Waals surface area contributed by atoms with Gasteiger partial charge in [-0.25, -0.2) is 8.78 Å². The monoisotopic (exact) mass is 220 g/mol. The van der Waals surface area contributed by atoms with Gasteiger partial charge in [0, 0.05) is 5.92 Å². The number of alkyl halides is 2. The van der Waals surface area contributed by atoms with Crippen molar-refractivity contribution in [3.63, 3.8) is 0 Å². The number of hydrogen-bond acceptors (Lipinski definition) is 2. The van der Waals surface area contributed by atoms with E-state index in [9.17, 15) is 13.6 Å². The van der Waals surface area contributed by atoms with Gasteiger partial charge in [0.2, 0.25) is 5.91 Å². The minimum Gasteiger partial charge on any atom is -0.350 e. The molecule has 3 N–H and O–H groups in total. The first-order chi connectivity index (χ1) is 6.96. The zero-order valence-electron chi connectivity index (χ0n) is 8.93. The molecule has 1 saturated carbocycles. The third kappa shape index (κ3) is 3.41. The van der Waals surface area contributed by atoms with Crippen LogP contribution in [0.3, 0.4) is 0 Å². The third-order valence-electron chi connectivity index (χ3n) is 3.02. The van der Waals surface area contributed by atoms with Crippen LogP contribution >= 0.6 is 0 Å². The van der Waals surface area contributed by atoms with Crippen molar-refractivity contribution in [2.75, 3.05) is 13.1 Å². The van der Waals surface area contributed by atoms with Crippen LogP contribution in [0.1, 0.15) is 26.2 Å². The van der Waals surface area contributed by atoms with Crippen molar-refractivity contribution in [3.05, 3.63) is 0 Å². The van der Waals surface area contributed by atoms with E-state index in [0.717, 1.165) is 19.3 Å². The van der Waals surface area contributed by atoms with Gasteiger partial charge in [-0.15, -0.1) is 0 Å². The van der Waals surface area contributed by atoms with E-state index < -0.39 is 19.0 Å². The molecule has 1 aliphatic carbocycles. The second-order valence-electron chi connectivity index (χ2n) is 4.29. The number of rotatable bonds is 4. The molecule has 0 aromatic rings. The summed E-state index contributed by atoms with van der Waals surface area (Å²) in [6.45, 7) is 0.609. The van der Waals surface area contributed by atoms with Crippen molar-refractivity contribution in [1.82, 2.24) is 5.32 Å². The Hall–Kier alpha value is -0.710. The van der Waals surface area contributed by atoms with Crippen molar-refractivity contribution >= 4 is 5.91 Å². The molecule has 3 nitrogen and oxygen atoms in total. The molecule has 2 atom stereocenters. The van der Waals surface area contributed by atoms with Crippen LogP contribution in [0.25, 0.3) is 0 Å². The van der Waals surface area contributed by atoms with Gasteiger partial charge in [-0.2, -0.15) is 0 Å². The molecule has 15 heavy (non-hydrogen) atoms. The van der Waals surface area contributed by atoms with Gasteiger partial charge in [-0.3, -0.25) is 4.79 Å². The summed E-state index contributed by atoms with van der Waals surface area (Å²) >= 11 is 0. The summed E-state index contributed by atoms with van der Waals surface area (Å²) in [5.41, 5.74) is 4.87. The standard InChI is InChI=1S/C10H18F2N2O/c1-7-3-2-4-8(7)9(15)14-6-10(11,12)5-13/h7-8H,2-6,13H2,1H3,(H,14,15). The Morgan fingerprint density at radius 3 is 2.67 bits per heavy atom. The molecular formula is C10H18F2N2O. The fraction of sp³-hybridized carbons (Fsp3) is 0.900. The first-order valence-electron chi connectivity index (χ1n) is 5.32. The number of carbonyl (C=O) groups is 1. The molecule has 2 unspecified atom stereocenters. The average molecular weight is 220 g/mol. The van der Waals surface area contributed by atoms with Crippen LogP contribution in [0.2, 0.25) is 0 Å². The molecule has 0 aromatic heterocycles.